The molecule has 0 spiro atoms. The average Bonchev–Trinajstić information content (AvgIpc) is 2.64. The fourth-order valence-corrected chi connectivity index (χ4v) is 6.69. The maximum absolute atomic E-state index is 14.1. The monoisotopic (exact) mass is 448 g/mol. The van der Waals surface area contributed by atoms with Crippen molar-refractivity contribution < 1.29 is 14.0 Å². The van der Waals surface area contributed by atoms with Crippen LogP contribution in [-0.4, -0.2) is 24.0 Å². The third-order valence-electron chi connectivity index (χ3n) is 8.20. The Labute approximate surface area is 173 Å². The van der Waals surface area contributed by atoms with Gasteiger partial charge in [0.15, 0.2) is 0 Å². The number of benzene rings is 1. The molecule has 6 fully saturated rings. The molecule has 4 bridgehead atoms. The minimum absolute atomic E-state index is 0.0338. The molecule has 6 aliphatic rings. The summed E-state index contributed by atoms with van der Waals surface area (Å²) in [6.07, 6.45) is 6.36. The Morgan fingerprint density at radius 3 is 2.14 bits per heavy atom. The van der Waals surface area contributed by atoms with Crippen LogP contribution in [0, 0.1) is 16.2 Å². The summed E-state index contributed by atoms with van der Waals surface area (Å²) in [5.74, 6) is -0.0837. The lowest BCUT2D eigenvalue weighted by molar-refractivity contribution is -0.211. The van der Waals surface area contributed by atoms with Gasteiger partial charge in [0.2, 0.25) is 11.8 Å². The van der Waals surface area contributed by atoms with E-state index in [-0.39, 0.29) is 22.6 Å². The van der Waals surface area contributed by atoms with Crippen LogP contribution in [0.1, 0.15) is 57.8 Å². The van der Waals surface area contributed by atoms with Crippen LogP contribution < -0.4 is 10.6 Å². The van der Waals surface area contributed by atoms with Crippen LogP contribution >= 0.6 is 15.9 Å². The molecule has 0 aliphatic heterocycles. The molecule has 1 aromatic rings. The first-order valence-electron chi connectivity index (χ1n) is 10.3. The predicted octanol–water partition coefficient (Wildman–Crippen LogP) is 4.50. The molecule has 0 saturated heterocycles. The van der Waals surface area contributed by atoms with E-state index in [2.05, 4.69) is 15.9 Å². The SMILES string of the molecule is NC(=O)C12CCC(CN(C(=O)C34CC(F)(C3)C4)c3cccc(Br)c3)(CC1)CC2. The highest BCUT2D eigenvalue weighted by Gasteiger charge is 2.73. The third-order valence-corrected chi connectivity index (χ3v) is 8.70. The molecule has 0 atom stereocenters. The number of carbonyl (C=O) groups excluding carboxylic acids is 2. The second-order valence-electron chi connectivity index (χ2n) is 9.98. The van der Waals surface area contributed by atoms with Crippen LogP contribution in [-0.2, 0) is 9.59 Å². The zero-order valence-electron chi connectivity index (χ0n) is 16.0. The van der Waals surface area contributed by atoms with Gasteiger partial charge in [-0.05, 0) is 81.4 Å². The van der Waals surface area contributed by atoms with E-state index in [0.717, 1.165) is 48.7 Å². The average molecular weight is 449 g/mol. The van der Waals surface area contributed by atoms with E-state index in [0.29, 0.717) is 25.8 Å². The molecule has 6 heteroatoms. The topological polar surface area (TPSA) is 63.4 Å². The Bertz CT molecular complexity index is 826. The Hall–Kier alpha value is -1.43. The molecule has 0 aromatic heterocycles. The summed E-state index contributed by atoms with van der Waals surface area (Å²) in [4.78, 5) is 27.4. The molecular weight excluding hydrogens is 423 g/mol. The van der Waals surface area contributed by atoms with E-state index in [4.69, 9.17) is 5.73 Å². The van der Waals surface area contributed by atoms with Gasteiger partial charge < -0.3 is 10.6 Å². The van der Waals surface area contributed by atoms with Gasteiger partial charge in [0, 0.05) is 22.1 Å². The minimum Gasteiger partial charge on any atom is -0.369 e. The van der Waals surface area contributed by atoms with Crippen molar-refractivity contribution >= 4 is 33.4 Å². The summed E-state index contributed by atoms with van der Waals surface area (Å²) in [6, 6.07) is 7.83. The van der Waals surface area contributed by atoms with E-state index >= 15 is 0 Å². The zero-order valence-corrected chi connectivity index (χ0v) is 17.6. The van der Waals surface area contributed by atoms with Crippen LogP contribution in [0.3, 0.4) is 0 Å². The highest BCUT2D eigenvalue weighted by Crippen LogP contribution is 2.70. The summed E-state index contributed by atoms with van der Waals surface area (Å²) in [5, 5.41) is 0. The summed E-state index contributed by atoms with van der Waals surface area (Å²) in [6.45, 7) is 0.651. The Kier molecular flexibility index (Phi) is 3.85. The number of carbonyl (C=O) groups is 2. The molecule has 150 valence electrons. The first kappa shape index (κ1) is 18.6. The Morgan fingerprint density at radius 1 is 1.04 bits per heavy atom. The second-order valence-corrected chi connectivity index (χ2v) is 10.9. The fraction of sp³-hybridized carbons (Fsp3) is 0.636. The van der Waals surface area contributed by atoms with Crippen molar-refractivity contribution in [2.24, 2.45) is 22.0 Å². The van der Waals surface area contributed by atoms with Crippen molar-refractivity contribution in [1.29, 1.82) is 0 Å². The van der Waals surface area contributed by atoms with Gasteiger partial charge in [-0.15, -0.1) is 0 Å². The molecule has 1 aromatic carbocycles. The predicted molar refractivity (Wildman–Crippen MR) is 108 cm³/mol. The van der Waals surface area contributed by atoms with E-state index in [1.165, 1.54) is 0 Å². The number of halogens is 2. The van der Waals surface area contributed by atoms with Crippen molar-refractivity contribution in [2.75, 3.05) is 11.4 Å². The molecule has 28 heavy (non-hydrogen) atoms. The number of nitrogens with zero attached hydrogens (tertiary/aromatic N) is 1. The molecular formula is C22H26BrFN2O2. The smallest absolute Gasteiger partial charge is 0.233 e. The van der Waals surface area contributed by atoms with E-state index in [1.54, 1.807) is 0 Å². The van der Waals surface area contributed by atoms with Crippen molar-refractivity contribution in [2.45, 2.75) is 63.5 Å². The van der Waals surface area contributed by atoms with Crippen LogP contribution in [0.25, 0.3) is 0 Å². The van der Waals surface area contributed by atoms with Crippen LogP contribution in [0.4, 0.5) is 10.1 Å². The van der Waals surface area contributed by atoms with Crippen LogP contribution in [0.5, 0.6) is 0 Å². The number of hydrogen-bond acceptors (Lipinski definition) is 2. The largest absolute Gasteiger partial charge is 0.369 e. The first-order chi connectivity index (χ1) is 13.2. The molecule has 6 saturated carbocycles. The molecule has 0 radical (unpaired) electrons. The van der Waals surface area contributed by atoms with Gasteiger partial charge in [-0.25, -0.2) is 4.39 Å². The van der Waals surface area contributed by atoms with E-state index in [9.17, 15) is 14.0 Å². The Morgan fingerprint density at radius 2 is 1.64 bits per heavy atom. The standard InChI is InChI=1S/C22H26BrFN2O2/c23-15-2-1-3-16(10-15)26(18(28)21-11-22(24,12-21)13-21)14-19-4-7-20(8-5-19,9-6-19)17(25)27/h1-3,10H,4-9,11-14H2,(H2,25,27). The van der Waals surface area contributed by atoms with E-state index < -0.39 is 11.1 Å². The lowest BCUT2D eigenvalue weighted by Gasteiger charge is -2.65. The van der Waals surface area contributed by atoms with Crippen molar-refractivity contribution in [1.82, 2.24) is 0 Å². The summed E-state index contributed by atoms with van der Waals surface area (Å²) in [5.41, 5.74) is 4.69. The lowest BCUT2D eigenvalue weighted by Crippen LogP contribution is -2.71. The fourth-order valence-electron chi connectivity index (χ4n) is 6.31. The van der Waals surface area contributed by atoms with Crippen molar-refractivity contribution in [3.05, 3.63) is 28.7 Å². The summed E-state index contributed by atoms with van der Waals surface area (Å²) in [7, 11) is 0. The number of nitrogens with two attached hydrogens (primary N) is 1. The highest BCUT2D eigenvalue weighted by molar-refractivity contribution is 9.10. The van der Waals surface area contributed by atoms with Gasteiger partial charge in [-0.2, -0.15) is 0 Å². The molecule has 0 unspecified atom stereocenters. The van der Waals surface area contributed by atoms with Crippen LogP contribution in [0.15, 0.2) is 28.7 Å². The summed E-state index contributed by atoms with van der Waals surface area (Å²) < 4.78 is 15.0. The number of amides is 2. The molecule has 2 amide bonds. The maximum atomic E-state index is 14.1. The Balaban J connectivity index is 1.42. The zero-order chi connectivity index (χ0) is 19.8. The van der Waals surface area contributed by atoms with E-state index in [1.807, 2.05) is 29.2 Å². The van der Waals surface area contributed by atoms with Gasteiger partial charge in [0.05, 0.1) is 5.41 Å². The normalized spacial score (nSPS) is 40.4. The molecule has 4 nitrogen and oxygen atoms in total. The molecule has 7 rings (SSSR count). The van der Waals surface area contributed by atoms with Gasteiger partial charge in [0.1, 0.15) is 5.67 Å². The van der Waals surface area contributed by atoms with Gasteiger partial charge in [-0.3, -0.25) is 9.59 Å². The highest BCUT2D eigenvalue weighted by atomic mass is 79.9. The van der Waals surface area contributed by atoms with Gasteiger partial charge in [-0.1, -0.05) is 22.0 Å². The second kappa shape index (κ2) is 5.80. The number of anilines is 1. The number of fused-ring (bicyclic) bond motifs is 3. The van der Waals surface area contributed by atoms with Crippen molar-refractivity contribution in [3.8, 4) is 0 Å². The number of primary amides is 1. The third kappa shape index (κ3) is 2.59. The number of hydrogen-bond donors (Lipinski definition) is 1. The van der Waals surface area contributed by atoms with Gasteiger partial charge in [0.25, 0.3) is 0 Å². The molecule has 0 heterocycles. The number of alkyl halides is 1. The number of rotatable bonds is 5. The first-order valence-corrected chi connectivity index (χ1v) is 11.0. The molecule has 2 N–H and O–H groups in total. The maximum Gasteiger partial charge on any atom is 0.233 e. The quantitative estimate of drug-likeness (QED) is 0.720. The van der Waals surface area contributed by atoms with Crippen LogP contribution in [0.2, 0.25) is 0 Å². The molecule has 6 aliphatic carbocycles. The summed E-state index contributed by atoms with van der Waals surface area (Å²) >= 11 is 3.52. The van der Waals surface area contributed by atoms with Crippen molar-refractivity contribution in [3.63, 3.8) is 0 Å². The lowest BCUT2D eigenvalue weighted by atomic mass is 9.41. The minimum atomic E-state index is -1.09. The van der Waals surface area contributed by atoms with Gasteiger partial charge >= 0.3 is 0 Å².